The Kier molecular flexibility index (Phi) is 5.15. The summed E-state index contributed by atoms with van der Waals surface area (Å²) in [6.45, 7) is -0.0236. The highest BCUT2D eigenvalue weighted by molar-refractivity contribution is 5.94. The van der Waals surface area contributed by atoms with E-state index in [-0.39, 0.29) is 36.7 Å². The van der Waals surface area contributed by atoms with Crippen LogP contribution in [-0.4, -0.2) is 69.5 Å². The van der Waals surface area contributed by atoms with Crippen LogP contribution in [0.1, 0.15) is 27.3 Å². The lowest BCUT2D eigenvalue weighted by molar-refractivity contribution is 0.0713. The molecule has 0 bridgehead atoms. The Morgan fingerprint density at radius 3 is 2.67 bits per heavy atom. The minimum Gasteiger partial charge on any atom is -0.343 e. The highest BCUT2D eigenvalue weighted by Gasteiger charge is 2.36. The fourth-order valence-corrected chi connectivity index (χ4v) is 3.01. The number of rotatable bonds is 4. The van der Waals surface area contributed by atoms with Gasteiger partial charge in [-0.25, -0.2) is 17.9 Å². The van der Waals surface area contributed by atoms with Crippen LogP contribution in [0.4, 0.5) is 13.2 Å². The van der Waals surface area contributed by atoms with Gasteiger partial charge in [0.15, 0.2) is 17.3 Å². The van der Waals surface area contributed by atoms with Crippen LogP contribution >= 0.6 is 0 Å². The molecule has 27 heavy (non-hydrogen) atoms. The number of aromatic nitrogens is 3. The van der Waals surface area contributed by atoms with E-state index >= 15 is 0 Å². The average molecular weight is 381 g/mol. The third kappa shape index (κ3) is 3.93. The maximum absolute atomic E-state index is 14.0. The molecule has 0 radical (unpaired) electrons. The molecule has 1 aliphatic heterocycles. The van der Waals surface area contributed by atoms with Gasteiger partial charge in [-0.3, -0.25) is 9.59 Å². The number of carbonyl (C=O) groups excluding carboxylic acids is 2. The van der Waals surface area contributed by atoms with E-state index in [2.05, 4.69) is 10.3 Å². The van der Waals surface area contributed by atoms with Gasteiger partial charge in [0.2, 0.25) is 0 Å². The molecule has 1 fully saturated rings. The summed E-state index contributed by atoms with van der Waals surface area (Å²) in [4.78, 5) is 27.1. The molecular formula is C17H18F3N5O2. The van der Waals surface area contributed by atoms with Gasteiger partial charge in [-0.15, -0.1) is 5.10 Å². The number of nitrogens with zero attached hydrogens (tertiary/aromatic N) is 5. The van der Waals surface area contributed by atoms with Crippen LogP contribution in [0.25, 0.3) is 0 Å². The molecule has 1 aromatic carbocycles. The van der Waals surface area contributed by atoms with Gasteiger partial charge in [0.25, 0.3) is 11.8 Å². The molecule has 1 saturated heterocycles. The molecular weight excluding hydrogens is 363 g/mol. The third-order valence-electron chi connectivity index (χ3n) is 4.35. The smallest absolute Gasteiger partial charge is 0.275 e. The monoisotopic (exact) mass is 381 g/mol. The normalized spacial score (nSPS) is 19.4. The standard InChI is InChI=1S/C17H18F3N5O2/c1-23(2)17(27)15-9-24(22-21-15)8-12-6-11(18)7-25(12)16(26)10-3-4-13(19)14(20)5-10/h3-5,9,11-12H,6-8H2,1-2H3. The van der Waals surface area contributed by atoms with Crippen molar-refractivity contribution in [3.8, 4) is 0 Å². The van der Waals surface area contributed by atoms with Crippen molar-refractivity contribution >= 4 is 11.8 Å². The van der Waals surface area contributed by atoms with Gasteiger partial charge in [0.1, 0.15) is 6.17 Å². The molecule has 3 rings (SSSR count). The Balaban J connectivity index is 1.77. The predicted molar refractivity (Wildman–Crippen MR) is 88.7 cm³/mol. The zero-order chi connectivity index (χ0) is 19.7. The minimum absolute atomic E-state index is 0.0601. The second-order valence-corrected chi connectivity index (χ2v) is 6.60. The molecule has 0 spiro atoms. The third-order valence-corrected chi connectivity index (χ3v) is 4.35. The zero-order valence-corrected chi connectivity index (χ0v) is 14.8. The summed E-state index contributed by atoms with van der Waals surface area (Å²) in [5.41, 5.74) is 0.0725. The van der Waals surface area contributed by atoms with Crippen molar-refractivity contribution in [2.75, 3.05) is 20.6 Å². The largest absolute Gasteiger partial charge is 0.343 e. The first-order valence-corrected chi connectivity index (χ1v) is 8.28. The molecule has 2 unspecified atom stereocenters. The van der Waals surface area contributed by atoms with Crippen molar-refractivity contribution in [2.24, 2.45) is 0 Å². The zero-order valence-electron chi connectivity index (χ0n) is 14.8. The lowest BCUT2D eigenvalue weighted by atomic mass is 10.1. The number of amides is 2. The van der Waals surface area contributed by atoms with Crippen LogP contribution in [0, 0.1) is 11.6 Å². The van der Waals surface area contributed by atoms with Crippen molar-refractivity contribution < 1.29 is 22.8 Å². The molecule has 1 aliphatic rings. The Morgan fingerprint density at radius 1 is 1.26 bits per heavy atom. The fraction of sp³-hybridized carbons (Fsp3) is 0.412. The fourth-order valence-electron chi connectivity index (χ4n) is 3.01. The molecule has 144 valence electrons. The van der Waals surface area contributed by atoms with Crippen molar-refractivity contribution in [1.82, 2.24) is 24.8 Å². The molecule has 0 N–H and O–H groups in total. The summed E-state index contributed by atoms with van der Waals surface area (Å²) < 4.78 is 41.8. The van der Waals surface area contributed by atoms with Crippen LogP contribution in [-0.2, 0) is 6.54 Å². The molecule has 0 saturated carbocycles. The average Bonchev–Trinajstić information content (AvgIpc) is 3.23. The van der Waals surface area contributed by atoms with E-state index in [0.717, 1.165) is 18.2 Å². The van der Waals surface area contributed by atoms with Crippen LogP contribution < -0.4 is 0 Å². The lowest BCUT2D eigenvalue weighted by Gasteiger charge is -2.24. The first-order chi connectivity index (χ1) is 12.8. The summed E-state index contributed by atoms with van der Waals surface area (Å²) >= 11 is 0. The maximum Gasteiger partial charge on any atom is 0.275 e. The van der Waals surface area contributed by atoms with Crippen molar-refractivity contribution in [1.29, 1.82) is 0 Å². The van der Waals surface area contributed by atoms with E-state index in [1.807, 2.05) is 0 Å². The van der Waals surface area contributed by atoms with E-state index in [0.29, 0.717) is 0 Å². The lowest BCUT2D eigenvalue weighted by Crippen LogP contribution is -2.38. The summed E-state index contributed by atoms with van der Waals surface area (Å²) in [5, 5.41) is 7.63. The van der Waals surface area contributed by atoms with Gasteiger partial charge >= 0.3 is 0 Å². The highest BCUT2D eigenvalue weighted by Crippen LogP contribution is 2.24. The second-order valence-electron chi connectivity index (χ2n) is 6.60. The number of carbonyl (C=O) groups is 2. The molecule has 2 heterocycles. The van der Waals surface area contributed by atoms with Gasteiger partial charge in [0.05, 0.1) is 25.3 Å². The van der Waals surface area contributed by atoms with Gasteiger partial charge in [0, 0.05) is 26.1 Å². The van der Waals surface area contributed by atoms with Crippen molar-refractivity contribution in [3.63, 3.8) is 0 Å². The molecule has 1 aromatic heterocycles. The van der Waals surface area contributed by atoms with Crippen molar-refractivity contribution in [3.05, 3.63) is 47.3 Å². The molecule has 0 aliphatic carbocycles. The van der Waals surface area contributed by atoms with Crippen LogP contribution in [0.3, 0.4) is 0 Å². The van der Waals surface area contributed by atoms with E-state index in [4.69, 9.17) is 0 Å². The number of likely N-dealkylation sites (tertiary alicyclic amines) is 1. The Hall–Kier alpha value is -2.91. The van der Waals surface area contributed by atoms with Crippen LogP contribution in [0.5, 0.6) is 0 Å². The first-order valence-electron chi connectivity index (χ1n) is 8.28. The van der Waals surface area contributed by atoms with Gasteiger partial charge in [-0.05, 0) is 18.2 Å². The van der Waals surface area contributed by atoms with E-state index < -0.39 is 29.8 Å². The van der Waals surface area contributed by atoms with Gasteiger partial charge < -0.3 is 9.80 Å². The minimum atomic E-state index is -1.24. The first kappa shape index (κ1) is 18.9. The topological polar surface area (TPSA) is 71.3 Å². The summed E-state index contributed by atoms with van der Waals surface area (Å²) in [7, 11) is 3.16. The summed E-state index contributed by atoms with van der Waals surface area (Å²) in [5.74, 6) is -3.13. The van der Waals surface area contributed by atoms with E-state index in [9.17, 15) is 22.8 Å². The van der Waals surface area contributed by atoms with Gasteiger partial charge in [-0.1, -0.05) is 5.21 Å². The number of hydrogen-bond donors (Lipinski definition) is 0. The van der Waals surface area contributed by atoms with Crippen LogP contribution in [0.2, 0.25) is 0 Å². The molecule has 2 atom stereocenters. The molecule has 2 aromatic rings. The van der Waals surface area contributed by atoms with Crippen LogP contribution in [0.15, 0.2) is 24.4 Å². The predicted octanol–water partition coefficient (Wildman–Crippen LogP) is 1.51. The Bertz CT molecular complexity index is 870. The SMILES string of the molecule is CN(C)C(=O)c1cn(CC2CC(F)CN2C(=O)c2ccc(F)c(F)c2)nn1. The molecule has 7 nitrogen and oxygen atoms in total. The quantitative estimate of drug-likeness (QED) is 0.805. The van der Waals surface area contributed by atoms with E-state index in [1.165, 1.54) is 20.7 Å². The highest BCUT2D eigenvalue weighted by atomic mass is 19.2. The Labute approximate surface area is 153 Å². The number of halogens is 3. The number of alkyl halides is 1. The van der Waals surface area contributed by atoms with Gasteiger partial charge in [-0.2, -0.15) is 0 Å². The maximum atomic E-state index is 14.0. The molecule has 10 heteroatoms. The molecule has 2 amide bonds. The number of hydrogen-bond acceptors (Lipinski definition) is 4. The van der Waals surface area contributed by atoms with Crippen molar-refractivity contribution in [2.45, 2.75) is 25.2 Å². The summed E-state index contributed by atoms with van der Waals surface area (Å²) in [6.07, 6.45) is 0.260. The number of benzene rings is 1. The van der Waals surface area contributed by atoms with E-state index in [1.54, 1.807) is 14.1 Å². The summed E-state index contributed by atoms with van der Waals surface area (Å²) in [6, 6.07) is 2.26. The second kappa shape index (κ2) is 7.37. The Morgan fingerprint density at radius 2 is 2.00 bits per heavy atom.